The van der Waals surface area contributed by atoms with Crippen molar-refractivity contribution in [3.05, 3.63) is 33.9 Å². The zero-order valence-corrected chi connectivity index (χ0v) is 15.9. The molecule has 1 aliphatic heterocycles. The number of amides is 1. The van der Waals surface area contributed by atoms with Crippen molar-refractivity contribution in [2.45, 2.75) is 26.8 Å². The molecule has 0 unspecified atom stereocenters. The van der Waals surface area contributed by atoms with Crippen LogP contribution in [0.1, 0.15) is 26.3 Å². The van der Waals surface area contributed by atoms with Crippen LogP contribution in [0, 0.1) is 16.0 Å². The fourth-order valence-electron chi connectivity index (χ4n) is 2.49. The maximum Gasteiger partial charge on any atom is 0.293 e. The minimum atomic E-state index is -0.413. The molecule has 148 valence electrons. The number of hydrogen-bond acceptors (Lipinski definition) is 7. The molecular formula is C18H26N4O5. The average molecular weight is 378 g/mol. The molecule has 1 aromatic rings. The van der Waals surface area contributed by atoms with Gasteiger partial charge in [0.15, 0.2) is 6.61 Å². The van der Waals surface area contributed by atoms with Crippen molar-refractivity contribution in [2.24, 2.45) is 11.1 Å². The van der Waals surface area contributed by atoms with Crippen LogP contribution in [0.5, 0.6) is 0 Å². The number of carbonyl (C=O) groups is 1. The normalized spacial score (nSPS) is 15.8. The minimum Gasteiger partial charge on any atom is -0.386 e. The Labute approximate surface area is 158 Å². The number of hydrogen-bond donors (Lipinski definition) is 1. The lowest BCUT2D eigenvalue weighted by molar-refractivity contribution is -0.384. The lowest BCUT2D eigenvalue weighted by atomic mass is 10.1. The van der Waals surface area contributed by atoms with E-state index in [4.69, 9.17) is 9.57 Å². The summed E-state index contributed by atoms with van der Waals surface area (Å²) in [5.74, 6) is 0.0602. The van der Waals surface area contributed by atoms with E-state index in [0.29, 0.717) is 43.5 Å². The first-order valence-electron chi connectivity index (χ1n) is 8.94. The Bertz CT molecular complexity index is 686. The van der Waals surface area contributed by atoms with Gasteiger partial charge in [0.05, 0.1) is 24.4 Å². The molecule has 1 heterocycles. The number of nitro groups is 1. The summed E-state index contributed by atoms with van der Waals surface area (Å²) >= 11 is 0. The molecule has 1 fully saturated rings. The van der Waals surface area contributed by atoms with Gasteiger partial charge < -0.3 is 19.8 Å². The first kappa shape index (κ1) is 20.6. The topological polar surface area (TPSA) is 106 Å². The van der Waals surface area contributed by atoms with Gasteiger partial charge in [-0.25, -0.2) is 0 Å². The van der Waals surface area contributed by atoms with Crippen molar-refractivity contribution in [1.82, 2.24) is 5.32 Å². The number of anilines is 1. The van der Waals surface area contributed by atoms with Crippen LogP contribution >= 0.6 is 0 Å². The van der Waals surface area contributed by atoms with Crippen LogP contribution < -0.4 is 10.2 Å². The molecule has 1 aromatic carbocycles. The largest absolute Gasteiger partial charge is 0.386 e. The van der Waals surface area contributed by atoms with E-state index in [1.165, 1.54) is 12.3 Å². The van der Waals surface area contributed by atoms with Crippen molar-refractivity contribution in [3.63, 3.8) is 0 Å². The van der Waals surface area contributed by atoms with Gasteiger partial charge in [0.1, 0.15) is 5.69 Å². The summed E-state index contributed by atoms with van der Waals surface area (Å²) in [6.07, 6.45) is 1.36. The van der Waals surface area contributed by atoms with Crippen molar-refractivity contribution in [1.29, 1.82) is 0 Å². The van der Waals surface area contributed by atoms with Gasteiger partial charge in [-0.3, -0.25) is 14.9 Å². The summed E-state index contributed by atoms with van der Waals surface area (Å²) in [5, 5.41) is 17.9. The number of ether oxygens (including phenoxy) is 1. The Morgan fingerprint density at radius 3 is 2.74 bits per heavy atom. The van der Waals surface area contributed by atoms with Gasteiger partial charge in [0.25, 0.3) is 11.6 Å². The molecule has 27 heavy (non-hydrogen) atoms. The molecule has 0 spiro atoms. The van der Waals surface area contributed by atoms with Crippen LogP contribution in [-0.4, -0.2) is 56.0 Å². The Kier molecular flexibility index (Phi) is 7.54. The first-order chi connectivity index (χ1) is 12.9. The second-order valence-electron chi connectivity index (χ2n) is 6.71. The van der Waals surface area contributed by atoms with Crippen LogP contribution in [0.2, 0.25) is 0 Å². The van der Waals surface area contributed by atoms with Crippen LogP contribution in [0.4, 0.5) is 11.4 Å². The van der Waals surface area contributed by atoms with Crippen LogP contribution in [-0.2, 0) is 14.4 Å². The predicted molar refractivity (Wildman–Crippen MR) is 102 cm³/mol. The third-order valence-corrected chi connectivity index (χ3v) is 4.41. The number of morpholine rings is 1. The SMILES string of the molecule is CC(C)[C@H](C)NC(=O)CO/N=C\c1ccc(N2CCOCC2)c([N+](=O)[O-])c1. The predicted octanol–water partition coefficient (Wildman–Crippen LogP) is 1.94. The zero-order chi connectivity index (χ0) is 19.8. The fourth-order valence-corrected chi connectivity index (χ4v) is 2.49. The Morgan fingerprint density at radius 1 is 1.41 bits per heavy atom. The minimum absolute atomic E-state index is 0.00403. The third kappa shape index (κ3) is 6.21. The molecule has 9 nitrogen and oxygen atoms in total. The Balaban J connectivity index is 1.96. The number of nitrogens with zero attached hydrogens (tertiary/aromatic N) is 3. The molecule has 0 saturated carbocycles. The highest BCUT2D eigenvalue weighted by molar-refractivity contribution is 5.83. The fraction of sp³-hybridized carbons (Fsp3) is 0.556. The number of nitro benzene ring substituents is 1. The van der Waals surface area contributed by atoms with Crippen molar-refractivity contribution in [3.8, 4) is 0 Å². The van der Waals surface area contributed by atoms with E-state index in [1.54, 1.807) is 12.1 Å². The molecule has 0 bridgehead atoms. The van der Waals surface area contributed by atoms with Gasteiger partial charge in [-0.2, -0.15) is 0 Å². The van der Waals surface area contributed by atoms with Crippen molar-refractivity contribution < 1.29 is 19.3 Å². The van der Waals surface area contributed by atoms with E-state index in [1.807, 2.05) is 25.7 Å². The highest BCUT2D eigenvalue weighted by Crippen LogP contribution is 2.29. The van der Waals surface area contributed by atoms with Gasteiger partial charge in [-0.15, -0.1) is 0 Å². The molecule has 0 aliphatic carbocycles. The molecule has 2 rings (SSSR count). The maximum atomic E-state index is 11.7. The second kappa shape index (κ2) is 9.86. The molecule has 1 saturated heterocycles. The third-order valence-electron chi connectivity index (χ3n) is 4.41. The molecule has 1 atom stereocenters. The summed E-state index contributed by atoms with van der Waals surface area (Å²) in [4.78, 5) is 29.6. The zero-order valence-electron chi connectivity index (χ0n) is 15.9. The van der Waals surface area contributed by atoms with E-state index in [0.717, 1.165) is 0 Å². The number of oxime groups is 1. The molecule has 0 radical (unpaired) electrons. The van der Waals surface area contributed by atoms with Gasteiger partial charge in [0.2, 0.25) is 0 Å². The monoisotopic (exact) mass is 378 g/mol. The first-order valence-corrected chi connectivity index (χ1v) is 8.94. The standard InChI is InChI=1S/C18H26N4O5/c1-13(2)14(3)20-18(23)12-27-19-11-15-4-5-16(17(10-15)22(24)25)21-6-8-26-9-7-21/h4-5,10-11,13-14H,6-9,12H2,1-3H3,(H,20,23)/b19-11-/t14-/m0/s1. The van der Waals surface area contributed by atoms with Gasteiger partial charge in [-0.1, -0.05) is 25.1 Å². The van der Waals surface area contributed by atoms with Gasteiger partial charge in [-0.05, 0) is 18.9 Å². The summed E-state index contributed by atoms with van der Waals surface area (Å²) in [6.45, 7) is 8.05. The number of benzene rings is 1. The molecule has 0 aromatic heterocycles. The highest BCUT2D eigenvalue weighted by atomic mass is 16.6. The Hall–Kier alpha value is -2.68. The van der Waals surface area contributed by atoms with Crippen LogP contribution in [0.25, 0.3) is 0 Å². The summed E-state index contributed by atoms with van der Waals surface area (Å²) < 4.78 is 5.29. The molecule has 1 N–H and O–H groups in total. The highest BCUT2D eigenvalue weighted by Gasteiger charge is 2.21. The molecule has 1 amide bonds. The quantitative estimate of drug-likeness (QED) is 0.421. The van der Waals surface area contributed by atoms with Crippen molar-refractivity contribution >= 4 is 23.5 Å². The summed E-state index contributed by atoms with van der Waals surface area (Å²) in [5.41, 5.74) is 1.09. The molecule has 9 heteroatoms. The Morgan fingerprint density at radius 2 is 2.11 bits per heavy atom. The van der Waals surface area contributed by atoms with E-state index >= 15 is 0 Å². The van der Waals surface area contributed by atoms with Gasteiger partial charge >= 0.3 is 0 Å². The summed E-state index contributed by atoms with van der Waals surface area (Å²) in [7, 11) is 0. The maximum absolute atomic E-state index is 11.7. The van der Waals surface area contributed by atoms with E-state index in [-0.39, 0.29) is 24.2 Å². The average Bonchev–Trinajstić information content (AvgIpc) is 2.65. The number of carbonyl (C=O) groups excluding carboxylic acids is 1. The molecule has 1 aliphatic rings. The lowest BCUT2D eigenvalue weighted by Crippen LogP contribution is -2.38. The second-order valence-corrected chi connectivity index (χ2v) is 6.71. The van der Waals surface area contributed by atoms with Crippen LogP contribution in [0.15, 0.2) is 23.4 Å². The van der Waals surface area contributed by atoms with E-state index in [2.05, 4.69) is 10.5 Å². The smallest absolute Gasteiger partial charge is 0.293 e. The number of nitrogens with one attached hydrogen (secondary N) is 1. The van der Waals surface area contributed by atoms with E-state index < -0.39 is 4.92 Å². The van der Waals surface area contributed by atoms with E-state index in [9.17, 15) is 14.9 Å². The van der Waals surface area contributed by atoms with Gasteiger partial charge in [0, 0.05) is 30.8 Å². The lowest BCUT2D eigenvalue weighted by Gasteiger charge is -2.28. The summed E-state index contributed by atoms with van der Waals surface area (Å²) in [6, 6.07) is 4.91. The molecular weight excluding hydrogens is 352 g/mol. The number of rotatable bonds is 8. The van der Waals surface area contributed by atoms with Crippen molar-refractivity contribution in [2.75, 3.05) is 37.8 Å². The van der Waals surface area contributed by atoms with Crippen LogP contribution in [0.3, 0.4) is 0 Å².